The van der Waals surface area contributed by atoms with Crippen molar-refractivity contribution in [3.63, 3.8) is 0 Å². The van der Waals surface area contributed by atoms with Gasteiger partial charge in [0, 0.05) is 18.2 Å². The lowest BCUT2D eigenvalue weighted by molar-refractivity contribution is -0.124. The molecule has 0 rings (SSSR count). The van der Waals surface area contributed by atoms with Gasteiger partial charge < -0.3 is 15.4 Å². The van der Waals surface area contributed by atoms with E-state index in [9.17, 15) is 4.79 Å². The molecule has 0 saturated heterocycles. The normalized spacial score (nSPS) is 15.4. The van der Waals surface area contributed by atoms with Gasteiger partial charge in [-0.25, -0.2) is 0 Å². The molecule has 0 saturated carbocycles. The van der Waals surface area contributed by atoms with Crippen molar-refractivity contribution in [3.05, 3.63) is 0 Å². The number of amides is 1. The first-order valence-corrected chi connectivity index (χ1v) is 7.39. The van der Waals surface area contributed by atoms with Crippen molar-refractivity contribution in [3.8, 4) is 0 Å². The van der Waals surface area contributed by atoms with Gasteiger partial charge in [-0.3, -0.25) is 4.79 Å². The van der Waals surface area contributed by atoms with Gasteiger partial charge in [-0.05, 0) is 40.0 Å². The number of hydrogen-bond acceptors (Lipinski definition) is 3. The molecule has 0 heterocycles. The molecule has 4 nitrogen and oxygen atoms in total. The lowest BCUT2D eigenvalue weighted by Crippen LogP contribution is -2.54. The van der Waals surface area contributed by atoms with Gasteiger partial charge in [-0.15, -0.1) is 0 Å². The average molecular weight is 272 g/mol. The quantitative estimate of drug-likeness (QED) is 0.677. The number of nitrogens with one attached hydrogen (secondary N) is 2. The van der Waals surface area contributed by atoms with E-state index in [0.717, 1.165) is 6.42 Å². The van der Waals surface area contributed by atoms with E-state index in [2.05, 4.69) is 31.4 Å². The van der Waals surface area contributed by atoms with Gasteiger partial charge in [0.25, 0.3) is 0 Å². The van der Waals surface area contributed by atoms with Crippen LogP contribution < -0.4 is 10.6 Å². The summed E-state index contributed by atoms with van der Waals surface area (Å²) in [4.78, 5) is 12.1. The lowest BCUT2D eigenvalue weighted by Gasteiger charge is -2.30. The van der Waals surface area contributed by atoms with Crippen LogP contribution in [0.15, 0.2) is 0 Å². The van der Waals surface area contributed by atoms with Crippen LogP contribution >= 0.6 is 0 Å². The van der Waals surface area contributed by atoms with Crippen molar-refractivity contribution in [2.75, 3.05) is 13.2 Å². The van der Waals surface area contributed by atoms with E-state index in [-0.39, 0.29) is 23.5 Å². The maximum atomic E-state index is 12.1. The van der Waals surface area contributed by atoms with Gasteiger partial charge in [-0.1, -0.05) is 20.8 Å². The summed E-state index contributed by atoms with van der Waals surface area (Å²) in [7, 11) is 0. The second-order valence-electron chi connectivity index (χ2n) is 6.13. The Morgan fingerprint density at radius 2 is 1.79 bits per heavy atom. The molecule has 0 aromatic rings. The maximum absolute atomic E-state index is 12.1. The highest BCUT2D eigenvalue weighted by Gasteiger charge is 2.24. The first-order chi connectivity index (χ1) is 8.73. The van der Waals surface area contributed by atoms with Crippen LogP contribution in [-0.4, -0.2) is 36.7 Å². The van der Waals surface area contributed by atoms with Gasteiger partial charge >= 0.3 is 0 Å². The standard InChI is InChI=1S/C15H32N2O2/c1-8-15(6,7)17-14(18)12(5)16-13(11(3)4)10-19-9-2/h11-13,16H,8-10H2,1-7H3,(H,17,18). The summed E-state index contributed by atoms with van der Waals surface area (Å²) in [6, 6.07) is -0.0101. The molecule has 0 aliphatic carbocycles. The largest absolute Gasteiger partial charge is 0.380 e. The summed E-state index contributed by atoms with van der Waals surface area (Å²) < 4.78 is 5.47. The highest BCUT2D eigenvalue weighted by Crippen LogP contribution is 2.08. The van der Waals surface area contributed by atoms with Crippen molar-refractivity contribution in [1.82, 2.24) is 10.6 Å². The van der Waals surface area contributed by atoms with E-state index < -0.39 is 0 Å². The molecule has 0 aromatic heterocycles. The summed E-state index contributed by atoms with van der Waals surface area (Å²) in [5, 5.41) is 6.42. The van der Waals surface area contributed by atoms with Crippen molar-refractivity contribution in [2.45, 2.75) is 72.5 Å². The van der Waals surface area contributed by atoms with Crippen LogP contribution in [0.1, 0.15) is 54.9 Å². The third-order valence-electron chi connectivity index (χ3n) is 3.51. The summed E-state index contributed by atoms with van der Waals surface area (Å²) in [6.07, 6.45) is 0.915. The van der Waals surface area contributed by atoms with Crippen molar-refractivity contribution in [2.24, 2.45) is 5.92 Å². The topological polar surface area (TPSA) is 50.4 Å². The second kappa shape index (κ2) is 8.54. The van der Waals surface area contributed by atoms with E-state index in [1.807, 2.05) is 27.7 Å². The second-order valence-corrected chi connectivity index (χ2v) is 6.13. The van der Waals surface area contributed by atoms with Crippen LogP contribution in [-0.2, 0) is 9.53 Å². The molecule has 0 radical (unpaired) electrons. The molecular weight excluding hydrogens is 240 g/mol. The highest BCUT2D eigenvalue weighted by atomic mass is 16.5. The molecule has 0 aliphatic heterocycles. The number of hydrogen-bond donors (Lipinski definition) is 2. The molecule has 2 N–H and O–H groups in total. The molecule has 0 fully saturated rings. The van der Waals surface area contributed by atoms with E-state index in [1.165, 1.54) is 0 Å². The van der Waals surface area contributed by atoms with Gasteiger partial charge in [0.1, 0.15) is 0 Å². The van der Waals surface area contributed by atoms with Crippen LogP contribution in [0.5, 0.6) is 0 Å². The number of carbonyl (C=O) groups excluding carboxylic acids is 1. The predicted molar refractivity (Wildman–Crippen MR) is 80.2 cm³/mol. The Kier molecular flexibility index (Phi) is 8.26. The first-order valence-electron chi connectivity index (χ1n) is 7.39. The summed E-state index contributed by atoms with van der Waals surface area (Å²) in [6.45, 7) is 15.7. The fourth-order valence-corrected chi connectivity index (χ4v) is 1.60. The van der Waals surface area contributed by atoms with Crippen LogP contribution in [0.3, 0.4) is 0 Å². The van der Waals surface area contributed by atoms with Crippen LogP contribution in [0, 0.1) is 5.92 Å². The third kappa shape index (κ3) is 7.53. The third-order valence-corrected chi connectivity index (χ3v) is 3.51. The van der Waals surface area contributed by atoms with Crippen molar-refractivity contribution >= 4 is 5.91 Å². The van der Waals surface area contributed by atoms with E-state index in [0.29, 0.717) is 19.1 Å². The summed E-state index contributed by atoms with van der Waals surface area (Å²) in [5.41, 5.74) is -0.153. The molecule has 4 heteroatoms. The molecule has 114 valence electrons. The lowest BCUT2D eigenvalue weighted by atomic mass is 10.0. The molecule has 19 heavy (non-hydrogen) atoms. The fourth-order valence-electron chi connectivity index (χ4n) is 1.60. The van der Waals surface area contributed by atoms with E-state index in [4.69, 9.17) is 4.74 Å². The van der Waals surface area contributed by atoms with Crippen molar-refractivity contribution < 1.29 is 9.53 Å². The Labute approximate surface area is 118 Å². The van der Waals surface area contributed by atoms with Gasteiger partial charge in [0.15, 0.2) is 0 Å². The van der Waals surface area contributed by atoms with Gasteiger partial charge in [0.2, 0.25) is 5.91 Å². The minimum atomic E-state index is -0.210. The molecular formula is C15H32N2O2. The Bertz CT molecular complexity index is 265. The van der Waals surface area contributed by atoms with Gasteiger partial charge in [-0.2, -0.15) is 0 Å². The van der Waals surface area contributed by atoms with Gasteiger partial charge in [0.05, 0.1) is 12.6 Å². The highest BCUT2D eigenvalue weighted by molar-refractivity contribution is 5.82. The maximum Gasteiger partial charge on any atom is 0.237 e. The minimum absolute atomic E-state index is 0.0500. The van der Waals surface area contributed by atoms with Crippen LogP contribution in [0.25, 0.3) is 0 Å². The van der Waals surface area contributed by atoms with E-state index >= 15 is 0 Å². The zero-order valence-electron chi connectivity index (χ0n) is 13.7. The monoisotopic (exact) mass is 272 g/mol. The Hall–Kier alpha value is -0.610. The molecule has 0 spiro atoms. The van der Waals surface area contributed by atoms with Crippen molar-refractivity contribution in [1.29, 1.82) is 0 Å². The van der Waals surface area contributed by atoms with Crippen LogP contribution in [0.4, 0.5) is 0 Å². The van der Waals surface area contributed by atoms with E-state index in [1.54, 1.807) is 0 Å². The SMILES string of the molecule is CCOCC(NC(C)C(=O)NC(C)(C)CC)C(C)C. The number of ether oxygens (including phenoxy) is 1. The Morgan fingerprint density at radius 1 is 1.21 bits per heavy atom. The fraction of sp³-hybridized carbons (Fsp3) is 0.933. The molecule has 2 atom stereocenters. The zero-order valence-corrected chi connectivity index (χ0v) is 13.7. The summed E-state index contributed by atoms with van der Waals surface area (Å²) in [5.74, 6) is 0.481. The number of rotatable bonds is 9. The first kappa shape index (κ1) is 18.4. The molecule has 0 aliphatic rings. The smallest absolute Gasteiger partial charge is 0.237 e. The molecule has 2 unspecified atom stereocenters. The number of carbonyl (C=O) groups is 1. The Morgan fingerprint density at radius 3 is 2.21 bits per heavy atom. The Balaban J connectivity index is 4.38. The molecule has 0 bridgehead atoms. The summed E-state index contributed by atoms with van der Waals surface area (Å²) >= 11 is 0. The van der Waals surface area contributed by atoms with Crippen LogP contribution in [0.2, 0.25) is 0 Å². The average Bonchev–Trinajstić information content (AvgIpc) is 2.33. The minimum Gasteiger partial charge on any atom is -0.380 e. The predicted octanol–water partition coefficient (Wildman–Crippen LogP) is 2.33. The zero-order chi connectivity index (χ0) is 15.1. The molecule has 0 aromatic carbocycles. The molecule has 1 amide bonds.